The minimum absolute atomic E-state index is 0.0124. The molecule has 1 amide bonds. The summed E-state index contributed by atoms with van der Waals surface area (Å²) >= 11 is 9.20. The maximum Gasteiger partial charge on any atom is 0.410 e. The van der Waals surface area contributed by atoms with E-state index in [1.165, 1.54) is 6.07 Å². The molecule has 1 heterocycles. The van der Waals surface area contributed by atoms with Gasteiger partial charge in [-0.1, -0.05) is 11.6 Å². The van der Waals surface area contributed by atoms with Crippen molar-refractivity contribution in [2.24, 2.45) is 0 Å². The molecule has 0 bridgehead atoms. The molecule has 1 N–H and O–H groups in total. The highest BCUT2D eigenvalue weighted by Crippen LogP contribution is 2.30. The summed E-state index contributed by atoms with van der Waals surface area (Å²) in [6.07, 6.45) is -0.391. The lowest BCUT2D eigenvalue weighted by Crippen LogP contribution is -2.54. The van der Waals surface area contributed by atoms with Gasteiger partial charge in [-0.2, -0.15) is 0 Å². The third-order valence-electron chi connectivity index (χ3n) is 3.43. The number of nitrogens with zero attached hydrogens (tertiary/aromatic N) is 1. The monoisotopic (exact) mass is 406 g/mol. The minimum Gasteiger partial charge on any atom is -0.444 e. The van der Waals surface area contributed by atoms with Gasteiger partial charge < -0.3 is 15.0 Å². The Labute approximate surface area is 149 Å². The van der Waals surface area contributed by atoms with Gasteiger partial charge in [0, 0.05) is 29.7 Å². The molecule has 23 heavy (non-hydrogen) atoms. The minimum atomic E-state index is -0.564. The van der Waals surface area contributed by atoms with Crippen LogP contribution in [-0.2, 0) is 4.74 Å². The van der Waals surface area contributed by atoms with Crippen molar-refractivity contribution in [3.63, 3.8) is 0 Å². The first-order valence-electron chi connectivity index (χ1n) is 7.45. The van der Waals surface area contributed by atoms with E-state index in [-0.39, 0.29) is 17.9 Å². The van der Waals surface area contributed by atoms with Crippen molar-refractivity contribution in [2.75, 3.05) is 13.1 Å². The van der Waals surface area contributed by atoms with E-state index in [9.17, 15) is 9.18 Å². The van der Waals surface area contributed by atoms with Crippen LogP contribution in [-0.4, -0.2) is 35.7 Å². The summed E-state index contributed by atoms with van der Waals surface area (Å²) in [5, 5.41) is 3.75. The highest BCUT2D eigenvalue weighted by molar-refractivity contribution is 9.10. The Morgan fingerprint density at radius 2 is 2.09 bits per heavy atom. The molecule has 7 heteroatoms. The largest absolute Gasteiger partial charge is 0.444 e. The Morgan fingerprint density at radius 3 is 2.70 bits per heavy atom. The molecule has 0 aliphatic carbocycles. The summed E-state index contributed by atoms with van der Waals surface area (Å²) in [5.41, 5.74) is -0.130. The van der Waals surface area contributed by atoms with Crippen LogP contribution in [0.2, 0.25) is 5.02 Å². The van der Waals surface area contributed by atoms with E-state index in [1.807, 2.05) is 27.7 Å². The average Bonchev–Trinajstić information content (AvgIpc) is 2.40. The van der Waals surface area contributed by atoms with Crippen LogP contribution in [0.5, 0.6) is 0 Å². The lowest BCUT2D eigenvalue weighted by atomic mass is 10.0. The van der Waals surface area contributed by atoms with Gasteiger partial charge in [0.1, 0.15) is 11.4 Å². The summed E-state index contributed by atoms with van der Waals surface area (Å²) in [6.45, 7) is 8.24. The lowest BCUT2D eigenvalue weighted by molar-refractivity contribution is 0.0157. The molecule has 0 aromatic heterocycles. The van der Waals surface area contributed by atoms with Gasteiger partial charge in [-0.25, -0.2) is 9.18 Å². The summed E-state index contributed by atoms with van der Waals surface area (Å²) in [7, 11) is 0. The number of carbonyl (C=O) groups excluding carboxylic acids is 1. The second kappa shape index (κ2) is 6.95. The SMILES string of the molecule is CC1CN(C(=O)OC(C)(C)C)CC(c2cc(Cl)cc(Br)c2F)N1. The summed E-state index contributed by atoms with van der Waals surface area (Å²) in [5.74, 6) is -0.370. The molecule has 1 aromatic rings. The van der Waals surface area contributed by atoms with Crippen molar-refractivity contribution < 1.29 is 13.9 Å². The second-order valence-corrected chi connectivity index (χ2v) is 8.09. The molecule has 0 spiro atoms. The van der Waals surface area contributed by atoms with E-state index in [0.717, 1.165) is 0 Å². The van der Waals surface area contributed by atoms with Crippen molar-refractivity contribution >= 4 is 33.6 Å². The maximum atomic E-state index is 14.4. The molecule has 1 saturated heterocycles. The first kappa shape index (κ1) is 18.5. The van der Waals surface area contributed by atoms with Crippen molar-refractivity contribution in [2.45, 2.75) is 45.4 Å². The lowest BCUT2D eigenvalue weighted by Gasteiger charge is -2.38. The normalized spacial score (nSPS) is 22.1. The number of hydrogen-bond donors (Lipinski definition) is 1. The predicted octanol–water partition coefficient (Wildman–Crippen LogP) is 4.51. The van der Waals surface area contributed by atoms with Gasteiger partial charge in [-0.15, -0.1) is 0 Å². The molecule has 0 saturated carbocycles. The van der Waals surface area contributed by atoms with E-state index in [0.29, 0.717) is 28.1 Å². The zero-order valence-electron chi connectivity index (χ0n) is 13.6. The van der Waals surface area contributed by atoms with Crippen LogP contribution in [0, 0.1) is 5.82 Å². The van der Waals surface area contributed by atoms with Crippen molar-refractivity contribution in [3.05, 3.63) is 33.0 Å². The number of hydrogen-bond acceptors (Lipinski definition) is 3. The molecule has 2 atom stereocenters. The van der Waals surface area contributed by atoms with Gasteiger partial charge in [0.25, 0.3) is 0 Å². The molecule has 2 unspecified atom stereocenters. The van der Waals surface area contributed by atoms with Crippen LogP contribution in [0.1, 0.15) is 39.3 Å². The van der Waals surface area contributed by atoms with Gasteiger partial charge >= 0.3 is 6.09 Å². The Bertz CT molecular complexity index is 606. The second-order valence-electron chi connectivity index (χ2n) is 6.80. The number of ether oxygens (including phenoxy) is 1. The van der Waals surface area contributed by atoms with Crippen LogP contribution < -0.4 is 5.32 Å². The number of nitrogens with one attached hydrogen (secondary N) is 1. The highest BCUT2D eigenvalue weighted by atomic mass is 79.9. The third-order valence-corrected chi connectivity index (χ3v) is 4.23. The zero-order chi connectivity index (χ0) is 17.4. The summed E-state index contributed by atoms with van der Waals surface area (Å²) in [4.78, 5) is 13.9. The van der Waals surface area contributed by atoms with Crippen molar-refractivity contribution in [1.29, 1.82) is 0 Å². The third kappa shape index (κ3) is 4.81. The molecular formula is C16H21BrClFN2O2. The van der Waals surface area contributed by atoms with E-state index in [2.05, 4.69) is 21.2 Å². The molecule has 1 fully saturated rings. The Balaban J connectivity index is 2.23. The van der Waals surface area contributed by atoms with Crippen molar-refractivity contribution in [1.82, 2.24) is 10.2 Å². The molecule has 2 rings (SSSR count). The number of amides is 1. The Hall–Kier alpha value is -0.850. The van der Waals surface area contributed by atoms with E-state index in [1.54, 1.807) is 11.0 Å². The fourth-order valence-corrected chi connectivity index (χ4v) is 3.40. The highest BCUT2D eigenvalue weighted by Gasteiger charge is 2.32. The molecule has 1 aliphatic heterocycles. The van der Waals surface area contributed by atoms with Crippen LogP contribution >= 0.6 is 27.5 Å². The molecule has 128 valence electrons. The number of rotatable bonds is 1. The molecule has 0 radical (unpaired) electrons. The van der Waals surface area contributed by atoms with Gasteiger partial charge in [-0.05, 0) is 55.8 Å². The van der Waals surface area contributed by atoms with Crippen LogP contribution in [0.25, 0.3) is 0 Å². The summed E-state index contributed by atoms with van der Waals surface area (Å²) < 4.78 is 20.1. The molecule has 1 aliphatic rings. The Morgan fingerprint density at radius 1 is 1.43 bits per heavy atom. The standard InChI is InChI=1S/C16H21BrClFN2O2/c1-9-7-21(15(22)23-16(2,3)4)8-13(20-9)11-5-10(18)6-12(17)14(11)19/h5-6,9,13,20H,7-8H2,1-4H3. The van der Waals surface area contributed by atoms with Crippen LogP contribution in [0.4, 0.5) is 9.18 Å². The van der Waals surface area contributed by atoms with E-state index >= 15 is 0 Å². The molecule has 1 aromatic carbocycles. The first-order valence-corrected chi connectivity index (χ1v) is 8.62. The number of benzene rings is 1. The van der Waals surface area contributed by atoms with Gasteiger partial charge in [0.15, 0.2) is 0 Å². The summed E-state index contributed by atoms with van der Waals surface area (Å²) in [6, 6.07) is 2.77. The fourth-order valence-electron chi connectivity index (χ4n) is 2.57. The predicted molar refractivity (Wildman–Crippen MR) is 92.3 cm³/mol. The quantitative estimate of drug-likeness (QED) is 0.696. The average molecular weight is 408 g/mol. The molecular weight excluding hydrogens is 387 g/mol. The van der Waals surface area contributed by atoms with E-state index in [4.69, 9.17) is 16.3 Å². The topological polar surface area (TPSA) is 41.6 Å². The van der Waals surface area contributed by atoms with Crippen LogP contribution in [0.3, 0.4) is 0 Å². The number of piperazine rings is 1. The zero-order valence-corrected chi connectivity index (χ0v) is 16.0. The molecule has 4 nitrogen and oxygen atoms in total. The van der Waals surface area contributed by atoms with Crippen LogP contribution in [0.15, 0.2) is 16.6 Å². The first-order chi connectivity index (χ1) is 10.6. The number of halogens is 3. The van der Waals surface area contributed by atoms with Gasteiger partial charge in [0.2, 0.25) is 0 Å². The van der Waals surface area contributed by atoms with Gasteiger partial charge in [0.05, 0.1) is 10.5 Å². The number of carbonyl (C=O) groups is 1. The fraction of sp³-hybridized carbons (Fsp3) is 0.562. The maximum absolute atomic E-state index is 14.4. The van der Waals surface area contributed by atoms with Gasteiger partial charge in [-0.3, -0.25) is 0 Å². The van der Waals surface area contributed by atoms with Crippen molar-refractivity contribution in [3.8, 4) is 0 Å². The smallest absolute Gasteiger partial charge is 0.410 e. The Kier molecular flexibility index (Phi) is 5.59. The van der Waals surface area contributed by atoms with E-state index < -0.39 is 11.7 Å².